The lowest BCUT2D eigenvalue weighted by molar-refractivity contribution is -0.168. The van der Waals surface area contributed by atoms with E-state index in [0.29, 0.717) is 12.5 Å². The first-order valence-corrected chi connectivity index (χ1v) is 7.76. The van der Waals surface area contributed by atoms with Crippen LogP contribution in [0.15, 0.2) is 0 Å². The van der Waals surface area contributed by atoms with E-state index in [1.807, 2.05) is 0 Å². The normalized spacial score (nSPS) is 16.9. The molecule has 0 spiro atoms. The molecule has 4 heteroatoms. The summed E-state index contributed by atoms with van der Waals surface area (Å²) in [6.45, 7) is 1.01. The first-order valence-electron chi connectivity index (χ1n) is 7.76. The van der Waals surface area contributed by atoms with Crippen molar-refractivity contribution in [3.63, 3.8) is 0 Å². The van der Waals surface area contributed by atoms with Gasteiger partial charge in [0.05, 0.1) is 7.11 Å². The summed E-state index contributed by atoms with van der Waals surface area (Å²) in [6.07, 6.45) is 12.2. The molecule has 1 rings (SSSR count). The Kier molecular flexibility index (Phi) is 8.84. The molecule has 0 atom stereocenters. The molecule has 4 nitrogen and oxygen atoms in total. The van der Waals surface area contributed by atoms with E-state index in [4.69, 9.17) is 9.94 Å². The standard InChI is InChI=1S/C15H29NO3/c1-19-16(14-10-6-5-7-11-14)13-9-4-2-3-8-12-15(17)18/h14H,2-13H2,1H3,(H,17,18). The van der Waals surface area contributed by atoms with Crippen molar-refractivity contribution in [1.29, 1.82) is 0 Å². The van der Waals surface area contributed by atoms with Gasteiger partial charge in [-0.1, -0.05) is 38.5 Å². The number of aliphatic carboxylic acids is 1. The van der Waals surface area contributed by atoms with Gasteiger partial charge in [0, 0.05) is 19.0 Å². The highest BCUT2D eigenvalue weighted by atomic mass is 16.7. The van der Waals surface area contributed by atoms with Crippen molar-refractivity contribution in [1.82, 2.24) is 5.06 Å². The maximum absolute atomic E-state index is 10.4. The summed E-state index contributed by atoms with van der Waals surface area (Å²) in [5, 5.41) is 10.7. The van der Waals surface area contributed by atoms with Crippen molar-refractivity contribution < 1.29 is 14.7 Å². The van der Waals surface area contributed by atoms with Crippen LogP contribution in [0.4, 0.5) is 0 Å². The monoisotopic (exact) mass is 271 g/mol. The molecule has 0 aromatic carbocycles. The van der Waals surface area contributed by atoms with Gasteiger partial charge < -0.3 is 9.94 Å². The van der Waals surface area contributed by atoms with Gasteiger partial charge in [0.2, 0.25) is 0 Å². The quantitative estimate of drug-likeness (QED) is 0.487. The fourth-order valence-electron chi connectivity index (χ4n) is 2.87. The fourth-order valence-corrected chi connectivity index (χ4v) is 2.87. The summed E-state index contributed by atoms with van der Waals surface area (Å²) in [6, 6.07) is 0.616. The van der Waals surface area contributed by atoms with Crippen LogP contribution >= 0.6 is 0 Å². The molecule has 19 heavy (non-hydrogen) atoms. The van der Waals surface area contributed by atoms with Gasteiger partial charge in [-0.15, -0.1) is 0 Å². The van der Waals surface area contributed by atoms with Crippen LogP contribution in [0.5, 0.6) is 0 Å². The molecular formula is C15H29NO3. The van der Waals surface area contributed by atoms with Gasteiger partial charge in [-0.25, -0.2) is 0 Å². The zero-order chi connectivity index (χ0) is 13.9. The van der Waals surface area contributed by atoms with Crippen LogP contribution in [0.1, 0.15) is 70.6 Å². The number of hydrogen-bond acceptors (Lipinski definition) is 3. The second kappa shape index (κ2) is 10.2. The Labute approximate surface area is 117 Å². The van der Waals surface area contributed by atoms with E-state index in [1.54, 1.807) is 7.11 Å². The van der Waals surface area contributed by atoms with Crippen molar-refractivity contribution in [3.8, 4) is 0 Å². The van der Waals surface area contributed by atoms with Gasteiger partial charge in [-0.05, 0) is 25.7 Å². The van der Waals surface area contributed by atoms with E-state index < -0.39 is 5.97 Å². The average molecular weight is 271 g/mol. The minimum absolute atomic E-state index is 0.312. The summed E-state index contributed by atoms with van der Waals surface area (Å²) in [4.78, 5) is 15.9. The molecule has 112 valence electrons. The Hall–Kier alpha value is -0.610. The van der Waals surface area contributed by atoms with E-state index in [1.165, 1.54) is 38.5 Å². The van der Waals surface area contributed by atoms with Gasteiger partial charge >= 0.3 is 5.97 Å². The van der Waals surface area contributed by atoms with Crippen molar-refractivity contribution in [2.24, 2.45) is 0 Å². The first kappa shape index (κ1) is 16.4. The molecule has 0 amide bonds. The molecule has 0 bridgehead atoms. The molecule has 0 heterocycles. The highest BCUT2D eigenvalue weighted by molar-refractivity contribution is 5.66. The number of rotatable bonds is 10. The minimum atomic E-state index is -0.678. The predicted molar refractivity (Wildman–Crippen MR) is 75.9 cm³/mol. The Bertz CT molecular complexity index is 240. The second-order valence-corrected chi connectivity index (χ2v) is 5.53. The van der Waals surface area contributed by atoms with Gasteiger partial charge in [0.25, 0.3) is 0 Å². The Balaban J connectivity index is 2.01. The molecule has 1 aliphatic carbocycles. The van der Waals surface area contributed by atoms with E-state index in [-0.39, 0.29) is 0 Å². The first-order chi connectivity index (χ1) is 9.24. The average Bonchev–Trinajstić information content (AvgIpc) is 2.42. The number of nitrogens with zero attached hydrogens (tertiary/aromatic N) is 1. The van der Waals surface area contributed by atoms with Gasteiger partial charge in [-0.2, -0.15) is 5.06 Å². The second-order valence-electron chi connectivity index (χ2n) is 5.53. The summed E-state index contributed by atoms with van der Waals surface area (Å²) in [7, 11) is 1.78. The van der Waals surface area contributed by atoms with Crippen molar-refractivity contribution >= 4 is 5.97 Å². The molecule has 0 unspecified atom stereocenters. The third kappa shape index (κ3) is 7.53. The Morgan fingerprint density at radius 3 is 2.37 bits per heavy atom. The lowest BCUT2D eigenvalue weighted by Crippen LogP contribution is -2.36. The molecule has 0 radical (unpaired) electrons. The van der Waals surface area contributed by atoms with E-state index in [2.05, 4.69) is 5.06 Å². The Morgan fingerprint density at radius 1 is 1.11 bits per heavy atom. The molecule has 0 aromatic heterocycles. The molecule has 1 N–H and O–H groups in total. The molecule has 1 aliphatic rings. The molecule has 0 aliphatic heterocycles. The van der Waals surface area contributed by atoms with Crippen molar-refractivity contribution in [3.05, 3.63) is 0 Å². The van der Waals surface area contributed by atoms with Gasteiger partial charge in [0.15, 0.2) is 0 Å². The summed E-state index contributed by atoms with van der Waals surface area (Å²) in [5.74, 6) is -0.678. The maximum Gasteiger partial charge on any atom is 0.303 e. The smallest absolute Gasteiger partial charge is 0.303 e. The van der Waals surface area contributed by atoms with Crippen LogP contribution in [0, 0.1) is 0 Å². The van der Waals surface area contributed by atoms with Crippen LogP contribution < -0.4 is 0 Å². The molecule has 0 saturated heterocycles. The number of hydroxylamine groups is 2. The van der Waals surface area contributed by atoms with Crippen LogP contribution in [-0.4, -0.2) is 35.8 Å². The number of carbonyl (C=O) groups is 1. The fraction of sp³-hybridized carbons (Fsp3) is 0.933. The highest BCUT2D eigenvalue weighted by Crippen LogP contribution is 2.23. The number of carboxylic acids is 1. The topological polar surface area (TPSA) is 49.8 Å². The van der Waals surface area contributed by atoms with Crippen LogP contribution in [0.2, 0.25) is 0 Å². The zero-order valence-corrected chi connectivity index (χ0v) is 12.3. The summed E-state index contributed by atoms with van der Waals surface area (Å²) in [5.41, 5.74) is 0. The highest BCUT2D eigenvalue weighted by Gasteiger charge is 2.20. The van der Waals surface area contributed by atoms with Gasteiger partial charge in [0.1, 0.15) is 0 Å². The summed E-state index contributed by atoms with van der Waals surface area (Å²) < 4.78 is 0. The minimum Gasteiger partial charge on any atom is -0.481 e. The lowest BCUT2D eigenvalue weighted by Gasteiger charge is -2.32. The van der Waals surface area contributed by atoms with E-state index in [0.717, 1.165) is 32.2 Å². The van der Waals surface area contributed by atoms with Crippen molar-refractivity contribution in [2.45, 2.75) is 76.7 Å². The van der Waals surface area contributed by atoms with E-state index >= 15 is 0 Å². The Morgan fingerprint density at radius 2 is 1.74 bits per heavy atom. The number of hydrogen-bond donors (Lipinski definition) is 1. The number of carboxylic acid groups (broad SMARTS) is 1. The van der Waals surface area contributed by atoms with Crippen LogP contribution in [-0.2, 0) is 9.63 Å². The zero-order valence-electron chi connectivity index (χ0n) is 12.3. The molecule has 0 aromatic rings. The molecular weight excluding hydrogens is 242 g/mol. The number of unbranched alkanes of at least 4 members (excludes halogenated alkanes) is 4. The van der Waals surface area contributed by atoms with Crippen molar-refractivity contribution in [2.75, 3.05) is 13.7 Å². The largest absolute Gasteiger partial charge is 0.481 e. The third-order valence-corrected chi connectivity index (χ3v) is 3.99. The van der Waals surface area contributed by atoms with Crippen LogP contribution in [0.3, 0.4) is 0 Å². The third-order valence-electron chi connectivity index (χ3n) is 3.99. The lowest BCUT2D eigenvalue weighted by atomic mass is 9.95. The van der Waals surface area contributed by atoms with Crippen LogP contribution in [0.25, 0.3) is 0 Å². The SMILES string of the molecule is CON(CCCCCCCC(=O)O)C1CCCCC1. The molecule has 1 fully saturated rings. The molecule has 1 saturated carbocycles. The maximum atomic E-state index is 10.4. The van der Waals surface area contributed by atoms with Gasteiger partial charge in [-0.3, -0.25) is 4.79 Å². The summed E-state index contributed by atoms with van der Waals surface area (Å²) >= 11 is 0. The van der Waals surface area contributed by atoms with E-state index in [9.17, 15) is 4.79 Å². The predicted octanol–water partition coefficient (Wildman–Crippen LogP) is 3.61.